The van der Waals surface area contributed by atoms with Crippen molar-refractivity contribution >= 4 is 11.6 Å². The summed E-state index contributed by atoms with van der Waals surface area (Å²) in [6, 6.07) is 1.29. The maximum atomic E-state index is 13.7. The van der Waals surface area contributed by atoms with Crippen LogP contribution >= 0.6 is 0 Å². The number of nitrogen functional groups attached to an aromatic ring is 1. The highest BCUT2D eigenvalue weighted by Gasteiger charge is 2.39. The van der Waals surface area contributed by atoms with E-state index in [1.54, 1.807) is 0 Å². The molecule has 156 valence electrons. The molecule has 2 aromatic heterocycles. The van der Waals surface area contributed by atoms with Gasteiger partial charge in [0.25, 0.3) is 0 Å². The number of aromatic nitrogens is 3. The molecular weight excluding hydrogens is 381 g/mol. The highest BCUT2D eigenvalue weighted by Crippen LogP contribution is 2.42. The molecule has 6 nitrogen and oxygen atoms in total. The Kier molecular flexibility index (Phi) is 5.10. The fourth-order valence-electron chi connectivity index (χ4n) is 4.44. The van der Waals surface area contributed by atoms with Gasteiger partial charge in [-0.25, -0.2) is 15.0 Å². The molecular formula is C20H25F3N6. The third-order valence-corrected chi connectivity index (χ3v) is 5.93. The van der Waals surface area contributed by atoms with Crippen molar-refractivity contribution in [2.24, 2.45) is 0 Å². The molecule has 1 fully saturated rings. The SMILES string of the molecule is Cc1cc(N)nc(C2CCc3c(ncnc3N3CCN(C)CC3)C2)c1C(F)(F)F. The molecule has 1 aliphatic heterocycles. The molecule has 1 atom stereocenters. The first-order valence-corrected chi connectivity index (χ1v) is 9.84. The van der Waals surface area contributed by atoms with Crippen LogP contribution in [0, 0.1) is 6.92 Å². The van der Waals surface area contributed by atoms with E-state index in [-0.39, 0.29) is 23.0 Å². The maximum Gasteiger partial charge on any atom is 0.418 e. The molecule has 0 spiro atoms. The Labute approximate surface area is 168 Å². The van der Waals surface area contributed by atoms with Crippen LogP contribution in [-0.2, 0) is 19.0 Å². The van der Waals surface area contributed by atoms with Crippen molar-refractivity contribution in [3.05, 3.63) is 40.5 Å². The maximum absolute atomic E-state index is 13.7. The number of halogens is 3. The summed E-state index contributed by atoms with van der Waals surface area (Å²) in [4.78, 5) is 17.6. The van der Waals surface area contributed by atoms with Crippen LogP contribution in [0.5, 0.6) is 0 Å². The summed E-state index contributed by atoms with van der Waals surface area (Å²) >= 11 is 0. The van der Waals surface area contributed by atoms with Crippen LogP contribution < -0.4 is 10.6 Å². The summed E-state index contributed by atoms with van der Waals surface area (Å²) in [6.45, 7) is 5.13. The molecule has 29 heavy (non-hydrogen) atoms. The number of hydrogen-bond acceptors (Lipinski definition) is 6. The third kappa shape index (κ3) is 3.88. The number of piperazine rings is 1. The van der Waals surface area contributed by atoms with Gasteiger partial charge in [-0.1, -0.05) is 0 Å². The molecule has 0 bridgehead atoms. The minimum absolute atomic E-state index is 0.0420. The van der Waals surface area contributed by atoms with Gasteiger partial charge in [0, 0.05) is 43.4 Å². The summed E-state index contributed by atoms with van der Waals surface area (Å²) in [5.41, 5.74) is 7.17. The first-order chi connectivity index (χ1) is 13.7. The Morgan fingerprint density at radius 1 is 1.14 bits per heavy atom. The van der Waals surface area contributed by atoms with Gasteiger partial charge in [0.05, 0.1) is 11.3 Å². The summed E-state index contributed by atoms with van der Waals surface area (Å²) < 4.78 is 41.1. The van der Waals surface area contributed by atoms with Gasteiger partial charge in [-0.3, -0.25) is 0 Å². The molecule has 4 rings (SSSR count). The molecule has 2 aromatic rings. The monoisotopic (exact) mass is 406 g/mol. The minimum Gasteiger partial charge on any atom is -0.384 e. The second kappa shape index (κ2) is 7.44. The fraction of sp³-hybridized carbons (Fsp3) is 0.550. The van der Waals surface area contributed by atoms with Gasteiger partial charge < -0.3 is 15.5 Å². The van der Waals surface area contributed by atoms with E-state index >= 15 is 0 Å². The van der Waals surface area contributed by atoms with E-state index in [1.165, 1.54) is 19.3 Å². The molecule has 2 aliphatic rings. The van der Waals surface area contributed by atoms with Crippen molar-refractivity contribution in [2.45, 2.75) is 38.3 Å². The zero-order valence-electron chi connectivity index (χ0n) is 16.6. The number of aryl methyl sites for hydroxylation is 1. The van der Waals surface area contributed by atoms with Crippen LogP contribution in [0.25, 0.3) is 0 Å². The summed E-state index contributed by atoms with van der Waals surface area (Å²) in [7, 11) is 2.09. The van der Waals surface area contributed by atoms with Crippen LogP contribution in [0.2, 0.25) is 0 Å². The van der Waals surface area contributed by atoms with Crippen molar-refractivity contribution in [3.63, 3.8) is 0 Å². The molecule has 3 heterocycles. The average molecular weight is 406 g/mol. The number of alkyl halides is 3. The predicted octanol–water partition coefficient (Wildman–Crippen LogP) is 2.81. The van der Waals surface area contributed by atoms with Crippen molar-refractivity contribution in [3.8, 4) is 0 Å². The molecule has 0 aromatic carbocycles. The van der Waals surface area contributed by atoms with Crippen LogP contribution in [0.15, 0.2) is 12.4 Å². The molecule has 2 N–H and O–H groups in total. The lowest BCUT2D eigenvalue weighted by Crippen LogP contribution is -2.45. The van der Waals surface area contributed by atoms with Gasteiger partial charge in [-0.15, -0.1) is 0 Å². The highest BCUT2D eigenvalue weighted by molar-refractivity contribution is 5.51. The number of pyridine rings is 1. The van der Waals surface area contributed by atoms with Crippen molar-refractivity contribution in [1.82, 2.24) is 19.9 Å². The van der Waals surface area contributed by atoms with Crippen LogP contribution in [0.1, 0.15) is 40.4 Å². The number of fused-ring (bicyclic) bond motifs is 1. The van der Waals surface area contributed by atoms with E-state index in [0.717, 1.165) is 43.3 Å². The summed E-state index contributed by atoms with van der Waals surface area (Å²) in [5, 5.41) is 0. The Morgan fingerprint density at radius 3 is 2.55 bits per heavy atom. The van der Waals surface area contributed by atoms with E-state index in [0.29, 0.717) is 19.3 Å². The number of nitrogens with two attached hydrogens (primary N) is 1. The van der Waals surface area contributed by atoms with E-state index in [9.17, 15) is 13.2 Å². The zero-order chi connectivity index (χ0) is 20.8. The molecule has 1 unspecified atom stereocenters. The molecule has 0 radical (unpaired) electrons. The summed E-state index contributed by atoms with van der Waals surface area (Å²) in [6.07, 6.45) is -1.32. The van der Waals surface area contributed by atoms with Gasteiger partial charge >= 0.3 is 6.18 Å². The number of likely N-dealkylation sites (N-methyl/N-ethyl adjacent to an activating group) is 1. The predicted molar refractivity (Wildman–Crippen MR) is 105 cm³/mol. The zero-order valence-corrected chi connectivity index (χ0v) is 16.6. The topological polar surface area (TPSA) is 71.2 Å². The van der Waals surface area contributed by atoms with E-state index in [1.807, 2.05) is 0 Å². The van der Waals surface area contributed by atoms with Gasteiger partial charge in [0.15, 0.2) is 0 Å². The van der Waals surface area contributed by atoms with Crippen molar-refractivity contribution in [2.75, 3.05) is 43.9 Å². The first kappa shape index (κ1) is 19.9. The second-order valence-electron chi connectivity index (χ2n) is 7.97. The largest absolute Gasteiger partial charge is 0.418 e. The summed E-state index contributed by atoms with van der Waals surface area (Å²) in [5.74, 6) is 0.683. The van der Waals surface area contributed by atoms with Crippen molar-refractivity contribution < 1.29 is 13.2 Å². The number of hydrogen-bond donors (Lipinski definition) is 1. The molecule has 0 saturated carbocycles. The normalized spacial score (nSPS) is 20.6. The van der Waals surface area contributed by atoms with Crippen molar-refractivity contribution in [1.29, 1.82) is 0 Å². The first-order valence-electron chi connectivity index (χ1n) is 9.84. The third-order valence-electron chi connectivity index (χ3n) is 5.93. The molecule has 1 aliphatic carbocycles. The van der Waals surface area contributed by atoms with Gasteiger partial charge in [0.1, 0.15) is 18.0 Å². The lowest BCUT2D eigenvalue weighted by atomic mass is 9.82. The smallest absolute Gasteiger partial charge is 0.384 e. The second-order valence-corrected chi connectivity index (χ2v) is 7.97. The average Bonchev–Trinajstić information content (AvgIpc) is 2.66. The standard InChI is InChI=1S/C20H25F3N6/c1-12-9-16(24)27-18(17(12)20(21,22)23)13-3-4-14-15(10-13)25-11-26-19(14)29-7-5-28(2)6-8-29/h9,11,13H,3-8,10H2,1-2H3,(H2,24,27). The van der Waals surface area contributed by atoms with Crippen LogP contribution in [0.4, 0.5) is 24.8 Å². The van der Waals surface area contributed by atoms with Gasteiger partial charge in [-0.05, 0) is 44.9 Å². The highest BCUT2D eigenvalue weighted by atomic mass is 19.4. The Hall–Kier alpha value is -2.42. The number of anilines is 2. The molecule has 0 amide bonds. The van der Waals surface area contributed by atoms with E-state index in [2.05, 4.69) is 31.8 Å². The molecule has 9 heteroatoms. The minimum atomic E-state index is -4.46. The lowest BCUT2D eigenvalue weighted by Gasteiger charge is -2.35. The van der Waals surface area contributed by atoms with Crippen LogP contribution in [0.3, 0.4) is 0 Å². The number of nitrogens with zero attached hydrogens (tertiary/aromatic N) is 5. The quantitative estimate of drug-likeness (QED) is 0.827. The van der Waals surface area contributed by atoms with Crippen LogP contribution in [-0.4, -0.2) is 53.1 Å². The molecule has 1 saturated heterocycles. The number of rotatable bonds is 2. The Bertz CT molecular complexity index is 906. The van der Waals surface area contributed by atoms with E-state index < -0.39 is 11.7 Å². The van der Waals surface area contributed by atoms with Gasteiger partial charge in [-0.2, -0.15) is 13.2 Å². The Morgan fingerprint density at radius 2 is 1.86 bits per heavy atom. The van der Waals surface area contributed by atoms with Gasteiger partial charge in [0.2, 0.25) is 0 Å². The van der Waals surface area contributed by atoms with E-state index in [4.69, 9.17) is 5.73 Å². The fourth-order valence-corrected chi connectivity index (χ4v) is 4.44. The Balaban J connectivity index is 1.66. The lowest BCUT2D eigenvalue weighted by molar-refractivity contribution is -0.139.